The minimum absolute atomic E-state index is 0.242. The van der Waals surface area contributed by atoms with Gasteiger partial charge in [0.2, 0.25) is 0 Å². The first-order valence-electron chi connectivity index (χ1n) is 13.5. The Morgan fingerprint density at radius 3 is 2.10 bits per heavy atom. The van der Waals surface area contributed by atoms with Crippen LogP contribution in [0.5, 0.6) is 0 Å². The summed E-state index contributed by atoms with van der Waals surface area (Å²) in [7, 11) is 2.80. The van der Waals surface area contributed by atoms with Gasteiger partial charge in [-0.3, -0.25) is 9.59 Å². The third-order valence-corrected chi connectivity index (χ3v) is 8.84. The highest BCUT2D eigenvalue weighted by Gasteiger charge is 2.21. The van der Waals surface area contributed by atoms with Crippen LogP contribution in [0, 0.1) is 13.8 Å². The van der Waals surface area contributed by atoms with Gasteiger partial charge in [0.05, 0.1) is 37.0 Å². The summed E-state index contributed by atoms with van der Waals surface area (Å²) in [6.07, 6.45) is 1.50. The van der Waals surface area contributed by atoms with E-state index in [1.165, 1.54) is 14.2 Å². The number of carbonyl (C=O) groups excluding carboxylic acids is 2. The number of nitrogens with one attached hydrogen (secondary N) is 2. The fourth-order valence-corrected chi connectivity index (χ4v) is 5.73. The molecule has 0 amide bonds. The van der Waals surface area contributed by atoms with Gasteiger partial charge >= 0.3 is 11.9 Å². The second kappa shape index (κ2) is 11.5. The van der Waals surface area contributed by atoms with E-state index in [0.717, 1.165) is 82.7 Å². The molecule has 2 aliphatic heterocycles. The van der Waals surface area contributed by atoms with Crippen LogP contribution in [0.4, 0.5) is 0 Å². The summed E-state index contributed by atoms with van der Waals surface area (Å²) in [5, 5.41) is 0. The Balaban J connectivity index is 1.85. The van der Waals surface area contributed by atoms with Gasteiger partial charge in [-0.25, -0.2) is 9.97 Å². The van der Waals surface area contributed by atoms with E-state index < -0.39 is 0 Å². The smallest absolute Gasteiger partial charge is 0.305 e. The number of aromatic nitrogens is 4. The molecule has 0 saturated carbocycles. The van der Waals surface area contributed by atoms with Crippen molar-refractivity contribution in [3.63, 3.8) is 0 Å². The zero-order valence-corrected chi connectivity index (χ0v) is 25.7. The van der Waals surface area contributed by atoms with E-state index in [1.807, 2.05) is 26.0 Å². The molecule has 0 fully saturated rings. The fourth-order valence-electron chi connectivity index (χ4n) is 5.32. The number of allylic oxidation sites excluding steroid dienone is 3. The summed E-state index contributed by atoms with van der Waals surface area (Å²) >= 11 is 3.74. The Labute approximate surface area is 247 Å². The van der Waals surface area contributed by atoms with Gasteiger partial charge in [0, 0.05) is 39.4 Å². The number of methoxy groups -OCH3 is 2. The number of aromatic amines is 2. The highest BCUT2D eigenvalue weighted by atomic mass is 79.9. The standard InChI is InChI=1S/C32H33BrN4O4/c1-16-11-20-12-24-19(4)32(33)29(37-24)14-26-18(3)22(8-10-31(39)41-6)28(36-26)15-27-21(7-9-30(38)40-5)17(2)25(35-27)13-23(16)34-20/h11-15,34-35H,7-10H2,1-6H3. The maximum absolute atomic E-state index is 12.1. The average Bonchev–Trinajstić information content (AvgIpc) is 3.62. The van der Waals surface area contributed by atoms with Crippen LogP contribution in [0.3, 0.4) is 0 Å². The third kappa shape index (κ3) is 5.63. The molecule has 9 heteroatoms. The number of hydrogen-bond acceptors (Lipinski definition) is 6. The number of hydrogen-bond donors (Lipinski definition) is 2. The third-order valence-electron chi connectivity index (χ3n) is 7.84. The van der Waals surface area contributed by atoms with E-state index in [0.29, 0.717) is 12.8 Å². The van der Waals surface area contributed by atoms with Gasteiger partial charge in [0.25, 0.3) is 0 Å². The molecule has 0 aromatic carbocycles. The molecule has 2 aliphatic rings. The first-order chi connectivity index (χ1) is 19.6. The van der Waals surface area contributed by atoms with Crippen molar-refractivity contribution in [3.8, 4) is 0 Å². The number of rotatable bonds is 6. The Morgan fingerprint density at radius 1 is 0.732 bits per heavy atom. The molecule has 5 rings (SSSR count). The number of aryl methyl sites for hydroxylation is 3. The topological polar surface area (TPSA) is 110 Å². The zero-order valence-electron chi connectivity index (χ0n) is 24.1. The van der Waals surface area contributed by atoms with Crippen molar-refractivity contribution >= 4 is 71.1 Å². The van der Waals surface area contributed by atoms with Crippen molar-refractivity contribution in [3.05, 3.63) is 69.8 Å². The Morgan fingerprint density at radius 2 is 1.39 bits per heavy atom. The van der Waals surface area contributed by atoms with Crippen molar-refractivity contribution in [2.24, 2.45) is 0 Å². The summed E-state index contributed by atoms with van der Waals surface area (Å²) < 4.78 is 10.8. The lowest BCUT2D eigenvalue weighted by molar-refractivity contribution is -0.141. The lowest BCUT2D eigenvalue weighted by Gasteiger charge is -2.04. The lowest BCUT2D eigenvalue weighted by atomic mass is 10.0. The zero-order chi connectivity index (χ0) is 29.4. The van der Waals surface area contributed by atoms with Gasteiger partial charge in [-0.2, -0.15) is 0 Å². The van der Waals surface area contributed by atoms with E-state index >= 15 is 0 Å². The van der Waals surface area contributed by atoms with Crippen LogP contribution in [0.1, 0.15) is 72.6 Å². The lowest BCUT2D eigenvalue weighted by Crippen LogP contribution is -2.02. The van der Waals surface area contributed by atoms with Crippen molar-refractivity contribution < 1.29 is 19.1 Å². The number of carbonyl (C=O) groups is 2. The number of nitrogens with zero attached hydrogens (tertiary/aromatic N) is 2. The van der Waals surface area contributed by atoms with Gasteiger partial charge in [0.1, 0.15) is 0 Å². The van der Waals surface area contributed by atoms with Crippen molar-refractivity contribution in [2.75, 3.05) is 14.2 Å². The van der Waals surface area contributed by atoms with E-state index in [4.69, 9.17) is 19.4 Å². The summed E-state index contributed by atoms with van der Waals surface area (Å²) in [6, 6.07) is 10.3. The first-order valence-corrected chi connectivity index (χ1v) is 14.3. The largest absolute Gasteiger partial charge is 0.469 e. The minimum Gasteiger partial charge on any atom is -0.469 e. The van der Waals surface area contributed by atoms with E-state index in [-0.39, 0.29) is 24.8 Å². The number of halogens is 1. The summed E-state index contributed by atoms with van der Waals surface area (Å²) in [5.74, 6) is -0.537. The van der Waals surface area contributed by atoms with E-state index in [9.17, 15) is 9.59 Å². The van der Waals surface area contributed by atoms with Crippen molar-refractivity contribution in [1.29, 1.82) is 0 Å². The van der Waals surface area contributed by atoms with Crippen LogP contribution in [-0.4, -0.2) is 46.1 Å². The maximum atomic E-state index is 12.1. The summed E-state index contributed by atoms with van der Waals surface area (Å²) in [6.45, 7) is 8.20. The molecule has 0 unspecified atom stereocenters. The van der Waals surface area contributed by atoms with Gasteiger partial charge in [-0.1, -0.05) is 0 Å². The predicted octanol–water partition coefficient (Wildman–Crippen LogP) is 7.20. The molecular formula is C32H33BrN4O4. The number of esters is 2. The molecule has 3 aromatic heterocycles. The van der Waals surface area contributed by atoms with Crippen molar-refractivity contribution in [2.45, 2.75) is 53.4 Å². The monoisotopic (exact) mass is 616 g/mol. The summed E-state index contributed by atoms with van der Waals surface area (Å²) in [4.78, 5) is 41.2. The molecule has 8 bridgehead atoms. The van der Waals surface area contributed by atoms with Gasteiger partial charge in [0.15, 0.2) is 0 Å². The normalized spacial score (nSPS) is 13.1. The van der Waals surface area contributed by atoms with Crippen LogP contribution in [0.2, 0.25) is 0 Å². The first kappa shape index (κ1) is 28.5. The molecule has 0 aliphatic carbocycles. The summed E-state index contributed by atoms with van der Waals surface area (Å²) in [5.41, 5.74) is 13.1. The number of H-pyrrole nitrogens is 2. The highest BCUT2D eigenvalue weighted by molar-refractivity contribution is 9.15. The quantitative estimate of drug-likeness (QED) is 0.283. The van der Waals surface area contributed by atoms with Crippen LogP contribution >= 0.6 is 15.9 Å². The molecule has 0 spiro atoms. The fraction of sp³-hybridized carbons (Fsp3) is 0.312. The molecule has 2 N–H and O–H groups in total. The van der Waals surface area contributed by atoms with E-state index in [1.54, 1.807) is 0 Å². The van der Waals surface area contributed by atoms with Crippen molar-refractivity contribution in [1.82, 2.24) is 19.9 Å². The molecule has 3 aromatic rings. The molecule has 0 saturated heterocycles. The Bertz CT molecular complexity index is 1810. The van der Waals surface area contributed by atoms with Gasteiger partial charge in [-0.05, 0) is 120 Å². The second-order valence-corrected chi connectivity index (χ2v) is 11.2. The SMILES string of the molecule is COC(=O)CCC1=C(C)c2cc3nc(cc4cc(C)c(cc5[nH]c(cc1n2)c(CCC(=O)OC)c5C)[nH]4)C(C)=C3Br. The number of fused-ring (bicyclic) bond motifs is 8. The molecule has 0 radical (unpaired) electrons. The molecular weight excluding hydrogens is 584 g/mol. The highest BCUT2D eigenvalue weighted by Crippen LogP contribution is 2.38. The Kier molecular flexibility index (Phi) is 8.00. The van der Waals surface area contributed by atoms with Crippen LogP contribution in [0.15, 0.2) is 30.3 Å². The van der Waals surface area contributed by atoms with Crippen LogP contribution in [-0.2, 0) is 25.5 Å². The molecule has 5 heterocycles. The number of ether oxygens (including phenoxy) is 2. The molecule has 41 heavy (non-hydrogen) atoms. The van der Waals surface area contributed by atoms with Gasteiger partial charge in [-0.15, -0.1) is 0 Å². The average molecular weight is 618 g/mol. The molecule has 8 nitrogen and oxygen atoms in total. The predicted molar refractivity (Wildman–Crippen MR) is 166 cm³/mol. The second-order valence-electron chi connectivity index (χ2n) is 10.4. The van der Waals surface area contributed by atoms with Crippen LogP contribution in [0.25, 0.3) is 43.3 Å². The molecule has 0 atom stereocenters. The van der Waals surface area contributed by atoms with Crippen LogP contribution < -0.4 is 0 Å². The van der Waals surface area contributed by atoms with E-state index in [2.05, 4.69) is 57.9 Å². The Hall–Kier alpha value is -3.98. The molecule has 212 valence electrons. The van der Waals surface area contributed by atoms with Gasteiger partial charge < -0.3 is 19.4 Å². The maximum Gasteiger partial charge on any atom is 0.305 e. The minimum atomic E-state index is -0.274.